The maximum atomic E-state index is 9.01. The van der Waals surface area contributed by atoms with E-state index in [4.69, 9.17) is 1.37 Å². The fraction of sp³-hybridized carbons (Fsp3) is 0.765. The molecule has 0 aliphatic heterocycles. The predicted octanol–water partition coefficient (Wildman–Crippen LogP) is 5.75. The van der Waals surface area contributed by atoms with Gasteiger partial charge in [-0.3, -0.25) is 0 Å². The summed E-state index contributed by atoms with van der Waals surface area (Å²) < 4.78 is 9.01. The van der Waals surface area contributed by atoms with Gasteiger partial charge in [0.2, 0.25) is 0 Å². The Bertz CT molecular complexity index is 385. The lowest BCUT2D eigenvalue weighted by Crippen LogP contribution is -2.28. The van der Waals surface area contributed by atoms with Gasteiger partial charge in [-0.15, -0.1) is 0 Å². The Balaban J connectivity index is 3.43. The van der Waals surface area contributed by atoms with Crippen LogP contribution in [-0.2, 0) is 0 Å². The lowest BCUT2D eigenvalue weighted by atomic mass is 9.64. The van der Waals surface area contributed by atoms with Gasteiger partial charge < -0.3 is 0 Å². The molecule has 1 aliphatic rings. The summed E-state index contributed by atoms with van der Waals surface area (Å²) in [4.78, 5) is 0. The van der Waals surface area contributed by atoms with Crippen LogP contribution in [0.25, 0.3) is 0 Å². The van der Waals surface area contributed by atoms with Gasteiger partial charge in [0.25, 0.3) is 0 Å². The second kappa shape index (κ2) is 4.30. The average Bonchev–Trinajstić information content (AvgIpc) is 2.20. The van der Waals surface area contributed by atoms with Crippen molar-refractivity contribution in [3.05, 3.63) is 22.3 Å². The van der Waals surface area contributed by atoms with Crippen LogP contribution in [0.4, 0.5) is 0 Å². The summed E-state index contributed by atoms with van der Waals surface area (Å²) in [5, 5.41) is 0. The van der Waals surface area contributed by atoms with E-state index in [9.17, 15) is 0 Å². The van der Waals surface area contributed by atoms with E-state index >= 15 is 0 Å². The third kappa shape index (κ3) is 2.67. The van der Waals surface area contributed by atoms with Crippen molar-refractivity contribution in [1.29, 1.82) is 0 Å². The van der Waals surface area contributed by atoms with Gasteiger partial charge in [-0.25, -0.2) is 0 Å². The molecule has 0 radical (unpaired) electrons. The molecule has 0 aromatic rings. The van der Waals surface area contributed by atoms with Crippen molar-refractivity contribution >= 4 is 0 Å². The van der Waals surface area contributed by atoms with E-state index in [0.29, 0.717) is 0 Å². The summed E-state index contributed by atoms with van der Waals surface area (Å²) in [5.74, 6) is -0.512. The average molecular weight is 235 g/mol. The van der Waals surface area contributed by atoms with E-state index < -0.39 is 5.89 Å². The number of hydrogen-bond donors (Lipinski definition) is 0. The first-order chi connectivity index (χ1) is 7.84. The van der Waals surface area contributed by atoms with Crippen molar-refractivity contribution in [2.75, 3.05) is 0 Å². The fourth-order valence-corrected chi connectivity index (χ4v) is 2.75. The van der Waals surface area contributed by atoms with E-state index in [1.807, 2.05) is 0 Å². The molecule has 0 bridgehead atoms. The lowest BCUT2D eigenvalue weighted by Gasteiger charge is -2.41. The molecule has 0 spiro atoms. The molecule has 0 unspecified atom stereocenters. The molecule has 0 saturated carbocycles. The zero-order valence-corrected chi connectivity index (χ0v) is 13.2. The summed E-state index contributed by atoms with van der Waals surface area (Å²) in [6.07, 6.45) is 0.891. The second-order valence-electron chi connectivity index (χ2n) is 7.34. The molecule has 0 heterocycles. The molecular weight excluding hydrogens is 204 g/mol. The summed E-state index contributed by atoms with van der Waals surface area (Å²) in [6, 6.07) is 0. The first-order valence-electron chi connectivity index (χ1n) is 7.21. The molecule has 0 fully saturated rings. The second-order valence-corrected chi connectivity index (χ2v) is 7.34. The van der Waals surface area contributed by atoms with Crippen LogP contribution < -0.4 is 0 Å². The van der Waals surface area contributed by atoms with Gasteiger partial charge in [0.15, 0.2) is 0 Å². The molecule has 0 N–H and O–H groups in total. The van der Waals surface area contributed by atoms with E-state index in [2.05, 4.69) is 62.3 Å². The third-order valence-electron chi connectivity index (χ3n) is 4.61. The summed E-state index contributed by atoms with van der Waals surface area (Å²) in [5.41, 5.74) is 5.55. The summed E-state index contributed by atoms with van der Waals surface area (Å²) >= 11 is 0. The Hall–Kier alpha value is -0.520. The van der Waals surface area contributed by atoms with Crippen LogP contribution in [-0.4, -0.2) is 0 Å². The lowest BCUT2D eigenvalue weighted by molar-refractivity contribution is 0.324. The molecule has 0 saturated heterocycles. The Morgan fingerprint density at radius 1 is 1.00 bits per heavy atom. The van der Waals surface area contributed by atoms with Crippen LogP contribution in [0.5, 0.6) is 0 Å². The van der Waals surface area contributed by atoms with Crippen LogP contribution >= 0.6 is 0 Å². The van der Waals surface area contributed by atoms with Crippen molar-refractivity contribution in [2.24, 2.45) is 16.7 Å². The molecule has 0 nitrogen and oxygen atoms in total. The molecule has 0 heteroatoms. The minimum absolute atomic E-state index is 0.108. The molecule has 98 valence electrons. The van der Waals surface area contributed by atoms with Crippen LogP contribution in [0.3, 0.4) is 0 Å². The summed E-state index contributed by atoms with van der Waals surface area (Å²) in [7, 11) is 0. The van der Waals surface area contributed by atoms with Crippen molar-refractivity contribution < 1.29 is 1.37 Å². The predicted molar refractivity (Wildman–Crippen MR) is 78.1 cm³/mol. The van der Waals surface area contributed by atoms with E-state index in [-0.39, 0.29) is 10.8 Å². The van der Waals surface area contributed by atoms with Crippen LogP contribution in [0.2, 0.25) is 0 Å². The highest BCUT2D eigenvalue weighted by atomic mass is 14.4. The van der Waals surface area contributed by atoms with Crippen LogP contribution in [0.1, 0.15) is 70.1 Å². The van der Waals surface area contributed by atoms with E-state index in [1.54, 1.807) is 0 Å². The van der Waals surface area contributed by atoms with Crippen molar-refractivity contribution in [1.82, 2.24) is 0 Å². The van der Waals surface area contributed by atoms with E-state index in [0.717, 1.165) is 6.42 Å². The zero-order chi connectivity index (χ0) is 14.5. The Morgan fingerprint density at radius 2 is 1.35 bits per heavy atom. The molecule has 0 atom stereocenters. The number of rotatable bonds is 1. The Labute approximate surface area is 110 Å². The number of hydrogen-bond acceptors (Lipinski definition) is 0. The molecule has 0 aromatic carbocycles. The van der Waals surface area contributed by atoms with Crippen LogP contribution in [0, 0.1) is 16.7 Å². The largest absolute Gasteiger partial charge is 0.0664 e. The van der Waals surface area contributed by atoms with Gasteiger partial charge in [-0.1, -0.05) is 56.9 Å². The van der Waals surface area contributed by atoms with Gasteiger partial charge in [0.1, 0.15) is 0 Å². The Morgan fingerprint density at radius 3 is 1.65 bits per heavy atom. The smallest absolute Gasteiger partial charge is 0.0395 e. The minimum Gasteiger partial charge on any atom is -0.0664 e. The first kappa shape index (κ1) is 12.9. The highest BCUT2D eigenvalue weighted by Crippen LogP contribution is 2.48. The molecule has 1 aliphatic carbocycles. The molecule has 17 heavy (non-hydrogen) atoms. The fourth-order valence-electron chi connectivity index (χ4n) is 2.75. The van der Waals surface area contributed by atoms with Crippen molar-refractivity contribution in [3.63, 3.8) is 0 Å². The quantitative estimate of drug-likeness (QED) is 0.507. The highest BCUT2D eigenvalue weighted by molar-refractivity contribution is 5.41. The van der Waals surface area contributed by atoms with Gasteiger partial charge in [-0.2, -0.15) is 0 Å². The SMILES string of the molecule is [2H]C1(CC(C)(C)C)C(C)=C(C)C(C)(C)C(C)=C1C. The highest BCUT2D eigenvalue weighted by Gasteiger charge is 2.35. The first-order valence-corrected chi connectivity index (χ1v) is 6.71. The Kier molecular flexibility index (Phi) is 3.27. The van der Waals surface area contributed by atoms with Gasteiger partial charge in [0, 0.05) is 12.7 Å². The van der Waals surface area contributed by atoms with Crippen molar-refractivity contribution in [2.45, 2.75) is 68.7 Å². The summed E-state index contributed by atoms with van der Waals surface area (Å²) in [6.45, 7) is 20.0. The molecule has 1 rings (SSSR count). The van der Waals surface area contributed by atoms with Gasteiger partial charge in [0.05, 0.1) is 0 Å². The monoisotopic (exact) mass is 235 g/mol. The topological polar surface area (TPSA) is 0 Å². The van der Waals surface area contributed by atoms with Gasteiger partial charge >= 0.3 is 0 Å². The molecule has 0 aromatic heterocycles. The van der Waals surface area contributed by atoms with E-state index in [1.165, 1.54) is 22.3 Å². The standard InChI is InChI=1S/C17H30/c1-11-13(3)17(8,9)14(4)12(2)15(11)10-16(5,6)7/h15H,10H2,1-9H3/i15D. The minimum atomic E-state index is -0.512. The normalized spacial score (nSPS) is 25.1. The molecular formula is C17H30. The maximum absolute atomic E-state index is 9.01. The van der Waals surface area contributed by atoms with Crippen molar-refractivity contribution in [3.8, 4) is 0 Å². The van der Waals surface area contributed by atoms with Gasteiger partial charge in [-0.05, 0) is 39.5 Å². The molecule has 0 amide bonds. The zero-order valence-electron chi connectivity index (χ0n) is 14.2. The maximum Gasteiger partial charge on any atom is 0.0395 e. The van der Waals surface area contributed by atoms with Crippen LogP contribution in [0.15, 0.2) is 22.3 Å². The third-order valence-corrected chi connectivity index (χ3v) is 4.61. The number of allylic oxidation sites excluding steroid dienone is 4.